The molecule has 0 bridgehead atoms. The minimum atomic E-state index is -0.959. The Morgan fingerprint density at radius 3 is 2.74 bits per heavy atom. The summed E-state index contributed by atoms with van der Waals surface area (Å²) in [5.74, 6) is 1.51. The fourth-order valence-corrected chi connectivity index (χ4v) is 3.35. The van der Waals surface area contributed by atoms with Crippen LogP contribution in [0.15, 0.2) is 24.5 Å². The Labute approximate surface area is 160 Å². The molecule has 1 atom stereocenters. The second-order valence-corrected chi connectivity index (χ2v) is 7.59. The van der Waals surface area contributed by atoms with Crippen molar-refractivity contribution in [3.05, 3.63) is 35.8 Å². The molecule has 0 spiro atoms. The molecule has 0 saturated carbocycles. The lowest BCUT2D eigenvalue weighted by molar-refractivity contribution is -0.142. The molecule has 1 aliphatic heterocycles. The van der Waals surface area contributed by atoms with Crippen molar-refractivity contribution in [1.29, 1.82) is 0 Å². The average molecular weight is 369 g/mol. The lowest BCUT2D eigenvalue weighted by atomic mass is 10.0. The largest absolute Gasteiger partial charge is 0.383 e. The quantitative estimate of drug-likeness (QED) is 0.867. The maximum absolute atomic E-state index is 12.6. The summed E-state index contributed by atoms with van der Waals surface area (Å²) in [7, 11) is 3.92. The summed E-state index contributed by atoms with van der Waals surface area (Å²) in [5.41, 5.74) is 2.74. The number of aliphatic hydroxyl groups excluding tert-OH is 1. The van der Waals surface area contributed by atoms with Gasteiger partial charge < -0.3 is 14.9 Å². The fraction of sp³-hybridized carbons (Fsp3) is 0.500. The van der Waals surface area contributed by atoms with E-state index in [1.807, 2.05) is 45.0 Å². The van der Waals surface area contributed by atoms with Crippen LogP contribution in [-0.4, -0.2) is 57.6 Å². The van der Waals surface area contributed by atoms with Crippen molar-refractivity contribution in [2.45, 2.75) is 39.3 Å². The van der Waals surface area contributed by atoms with Crippen LogP contribution in [0.25, 0.3) is 11.4 Å². The topological polar surface area (TPSA) is 82.4 Å². The van der Waals surface area contributed by atoms with Gasteiger partial charge in [-0.05, 0) is 30.9 Å². The maximum atomic E-state index is 12.6. The molecule has 0 fully saturated rings. The first-order chi connectivity index (χ1) is 12.9. The molecule has 7 nitrogen and oxygen atoms in total. The van der Waals surface area contributed by atoms with Gasteiger partial charge in [-0.3, -0.25) is 9.78 Å². The third kappa shape index (κ3) is 4.24. The zero-order valence-corrected chi connectivity index (χ0v) is 16.4. The van der Waals surface area contributed by atoms with Crippen LogP contribution < -0.4 is 4.90 Å². The van der Waals surface area contributed by atoms with Gasteiger partial charge in [0.1, 0.15) is 11.9 Å². The summed E-state index contributed by atoms with van der Waals surface area (Å²) in [6.45, 7) is 4.95. The molecule has 1 aliphatic rings. The number of aliphatic hydroxyl groups is 1. The first-order valence-electron chi connectivity index (χ1n) is 9.31. The van der Waals surface area contributed by atoms with Crippen LogP contribution in [-0.2, 0) is 17.8 Å². The van der Waals surface area contributed by atoms with Gasteiger partial charge in [-0.25, -0.2) is 9.97 Å². The summed E-state index contributed by atoms with van der Waals surface area (Å²) in [5, 5.41) is 10.2. The molecule has 144 valence electrons. The number of hydrogen-bond donors (Lipinski definition) is 1. The molecule has 7 heteroatoms. The fourth-order valence-electron chi connectivity index (χ4n) is 3.35. The smallest absolute Gasteiger partial charge is 0.251 e. The first kappa shape index (κ1) is 19.2. The van der Waals surface area contributed by atoms with E-state index in [1.165, 1.54) is 0 Å². The zero-order valence-electron chi connectivity index (χ0n) is 16.4. The van der Waals surface area contributed by atoms with Crippen LogP contribution in [0.4, 0.5) is 5.82 Å². The highest BCUT2D eigenvalue weighted by Crippen LogP contribution is 2.28. The van der Waals surface area contributed by atoms with E-state index < -0.39 is 6.10 Å². The number of pyridine rings is 1. The van der Waals surface area contributed by atoms with Crippen molar-refractivity contribution in [3.63, 3.8) is 0 Å². The number of carbonyl (C=O) groups is 1. The van der Waals surface area contributed by atoms with Crippen molar-refractivity contribution in [3.8, 4) is 11.4 Å². The molecule has 2 aromatic heterocycles. The number of rotatable bonds is 5. The number of nitrogens with zero attached hydrogens (tertiary/aromatic N) is 5. The molecule has 27 heavy (non-hydrogen) atoms. The Morgan fingerprint density at radius 2 is 2.11 bits per heavy atom. The minimum Gasteiger partial charge on any atom is -0.383 e. The minimum absolute atomic E-state index is 0.220. The van der Waals surface area contributed by atoms with E-state index in [9.17, 15) is 9.90 Å². The third-order valence-corrected chi connectivity index (χ3v) is 4.68. The summed E-state index contributed by atoms with van der Waals surface area (Å²) in [6.07, 6.45) is 3.64. The Bertz CT molecular complexity index is 808. The van der Waals surface area contributed by atoms with Crippen LogP contribution >= 0.6 is 0 Å². The van der Waals surface area contributed by atoms with Gasteiger partial charge >= 0.3 is 0 Å². The van der Waals surface area contributed by atoms with E-state index in [0.29, 0.717) is 31.8 Å². The Morgan fingerprint density at radius 1 is 1.33 bits per heavy atom. The third-order valence-electron chi connectivity index (χ3n) is 4.68. The van der Waals surface area contributed by atoms with Gasteiger partial charge in [0.15, 0.2) is 5.82 Å². The summed E-state index contributed by atoms with van der Waals surface area (Å²) < 4.78 is 0. The first-order valence-corrected chi connectivity index (χ1v) is 9.31. The highest BCUT2D eigenvalue weighted by atomic mass is 16.3. The van der Waals surface area contributed by atoms with Gasteiger partial charge in [-0.15, -0.1) is 0 Å². The molecule has 1 amide bonds. The van der Waals surface area contributed by atoms with Crippen LogP contribution in [0.5, 0.6) is 0 Å². The van der Waals surface area contributed by atoms with Crippen LogP contribution in [0.3, 0.4) is 0 Å². The zero-order chi connectivity index (χ0) is 19.6. The molecule has 2 aromatic rings. The molecule has 0 saturated heterocycles. The Kier molecular flexibility index (Phi) is 5.70. The van der Waals surface area contributed by atoms with E-state index in [0.717, 1.165) is 22.6 Å². The Balaban J connectivity index is 1.92. The van der Waals surface area contributed by atoms with Gasteiger partial charge in [-0.1, -0.05) is 13.8 Å². The monoisotopic (exact) mass is 369 g/mol. The molecule has 0 unspecified atom stereocenters. The van der Waals surface area contributed by atoms with Gasteiger partial charge in [0.05, 0.1) is 12.2 Å². The average Bonchev–Trinajstić information content (AvgIpc) is 2.66. The number of anilines is 1. The SMILES string of the molecule is CC(C)C[C@@H](O)C(=O)N1CCc2c(nc(-c3cccnc3)nc2N(C)C)C1. The number of fused-ring (bicyclic) bond motifs is 1. The summed E-state index contributed by atoms with van der Waals surface area (Å²) in [4.78, 5) is 29.9. The van der Waals surface area contributed by atoms with Crippen molar-refractivity contribution in [2.75, 3.05) is 25.5 Å². The van der Waals surface area contributed by atoms with E-state index in [2.05, 4.69) is 4.98 Å². The van der Waals surface area contributed by atoms with Gasteiger partial charge in [0, 0.05) is 44.2 Å². The number of aromatic nitrogens is 3. The van der Waals surface area contributed by atoms with Crippen LogP contribution in [0.2, 0.25) is 0 Å². The molecular formula is C20H27N5O2. The molecule has 3 rings (SSSR count). The second kappa shape index (κ2) is 8.00. The van der Waals surface area contributed by atoms with E-state index in [4.69, 9.17) is 9.97 Å². The molecular weight excluding hydrogens is 342 g/mol. The standard InChI is InChI=1S/C20H27N5O2/c1-13(2)10-17(26)20(27)25-9-7-15-16(12-25)22-18(23-19(15)24(3)4)14-6-5-8-21-11-14/h5-6,8,11,13,17,26H,7,9-10,12H2,1-4H3/t17-/m1/s1. The molecule has 0 aliphatic carbocycles. The number of amides is 1. The van der Waals surface area contributed by atoms with Gasteiger partial charge in [0.2, 0.25) is 0 Å². The second-order valence-electron chi connectivity index (χ2n) is 7.59. The van der Waals surface area contributed by atoms with Crippen molar-refractivity contribution < 1.29 is 9.90 Å². The summed E-state index contributed by atoms with van der Waals surface area (Å²) in [6, 6.07) is 3.78. The maximum Gasteiger partial charge on any atom is 0.251 e. The highest BCUT2D eigenvalue weighted by molar-refractivity contribution is 5.81. The van der Waals surface area contributed by atoms with Crippen molar-refractivity contribution >= 4 is 11.7 Å². The number of carbonyl (C=O) groups excluding carboxylic acids is 1. The lowest BCUT2D eigenvalue weighted by Gasteiger charge is -2.32. The van der Waals surface area contributed by atoms with Gasteiger partial charge in [-0.2, -0.15) is 0 Å². The molecule has 3 heterocycles. The normalized spacial score (nSPS) is 14.8. The lowest BCUT2D eigenvalue weighted by Crippen LogP contribution is -2.43. The van der Waals surface area contributed by atoms with E-state index >= 15 is 0 Å². The molecule has 0 radical (unpaired) electrons. The van der Waals surface area contributed by atoms with Crippen molar-refractivity contribution in [2.24, 2.45) is 5.92 Å². The predicted molar refractivity (Wildman–Crippen MR) is 104 cm³/mol. The van der Waals surface area contributed by atoms with Gasteiger partial charge in [0.25, 0.3) is 5.91 Å². The van der Waals surface area contributed by atoms with Crippen molar-refractivity contribution in [1.82, 2.24) is 19.9 Å². The number of hydrogen-bond acceptors (Lipinski definition) is 6. The molecule has 0 aromatic carbocycles. The van der Waals surface area contributed by atoms with E-state index in [-0.39, 0.29) is 11.8 Å². The van der Waals surface area contributed by atoms with E-state index in [1.54, 1.807) is 17.3 Å². The highest BCUT2D eigenvalue weighted by Gasteiger charge is 2.29. The van der Waals surface area contributed by atoms with Crippen LogP contribution in [0, 0.1) is 5.92 Å². The van der Waals surface area contributed by atoms with Crippen LogP contribution in [0.1, 0.15) is 31.5 Å². The Hall–Kier alpha value is -2.54. The predicted octanol–water partition coefficient (Wildman–Crippen LogP) is 1.90. The molecule has 1 N–H and O–H groups in total. The summed E-state index contributed by atoms with van der Waals surface area (Å²) >= 11 is 0.